The zero-order valence-electron chi connectivity index (χ0n) is 11.1. The summed E-state index contributed by atoms with van der Waals surface area (Å²) in [5, 5.41) is 0. The molecule has 1 saturated carbocycles. The minimum absolute atomic E-state index is 0.660. The molecule has 1 fully saturated rings. The van der Waals surface area contributed by atoms with Gasteiger partial charge in [0.25, 0.3) is 0 Å². The normalized spacial score (nSPS) is 14.4. The third kappa shape index (κ3) is 2.58. The Kier molecular flexibility index (Phi) is 3.17. The first-order chi connectivity index (χ1) is 9.30. The fourth-order valence-electron chi connectivity index (χ4n) is 2.20. The number of benzene rings is 1. The van der Waals surface area contributed by atoms with Crippen molar-refractivity contribution in [2.45, 2.75) is 32.1 Å². The second kappa shape index (κ2) is 4.97. The van der Waals surface area contributed by atoms with Gasteiger partial charge >= 0.3 is 0 Å². The van der Waals surface area contributed by atoms with E-state index in [0.29, 0.717) is 5.82 Å². The lowest BCUT2D eigenvalue weighted by Crippen LogP contribution is -2.10. The van der Waals surface area contributed by atoms with E-state index in [4.69, 9.17) is 5.84 Å². The Morgan fingerprint density at radius 2 is 1.95 bits per heavy atom. The molecule has 0 spiro atoms. The van der Waals surface area contributed by atoms with Crippen LogP contribution in [0.5, 0.6) is 0 Å². The molecule has 0 amide bonds. The molecular formula is C15H18N4. The van der Waals surface area contributed by atoms with E-state index in [-0.39, 0.29) is 0 Å². The molecule has 3 N–H and O–H groups in total. The number of nitrogens with two attached hydrogens (primary N) is 1. The monoisotopic (exact) mass is 254 g/mol. The van der Waals surface area contributed by atoms with Gasteiger partial charge in [-0.05, 0) is 30.7 Å². The fourth-order valence-corrected chi connectivity index (χ4v) is 2.20. The van der Waals surface area contributed by atoms with E-state index in [1.165, 1.54) is 18.4 Å². The van der Waals surface area contributed by atoms with Crippen LogP contribution in [0.4, 0.5) is 5.82 Å². The summed E-state index contributed by atoms with van der Waals surface area (Å²) in [6, 6.07) is 10.4. The number of rotatable bonds is 4. The van der Waals surface area contributed by atoms with E-state index >= 15 is 0 Å². The van der Waals surface area contributed by atoms with Gasteiger partial charge in [0, 0.05) is 17.3 Å². The van der Waals surface area contributed by atoms with Gasteiger partial charge in [0.1, 0.15) is 5.82 Å². The lowest BCUT2D eigenvalue weighted by Gasteiger charge is -2.07. The van der Waals surface area contributed by atoms with Gasteiger partial charge in [0.15, 0.2) is 5.82 Å². The molecule has 4 heteroatoms. The van der Waals surface area contributed by atoms with Gasteiger partial charge < -0.3 is 5.43 Å². The number of hydrogen-bond donors (Lipinski definition) is 2. The Hall–Kier alpha value is -1.94. The molecule has 1 aliphatic carbocycles. The molecular weight excluding hydrogens is 236 g/mol. The van der Waals surface area contributed by atoms with Gasteiger partial charge in [0.2, 0.25) is 0 Å². The summed E-state index contributed by atoms with van der Waals surface area (Å²) < 4.78 is 0. The summed E-state index contributed by atoms with van der Waals surface area (Å²) in [7, 11) is 0. The molecule has 0 bridgehead atoms. The number of aromatic nitrogens is 2. The minimum Gasteiger partial charge on any atom is -0.308 e. The first-order valence-electron chi connectivity index (χ1n) is 6.75. The van der Waals surface area contributed by atoms with Crippen LogP contribution in [0.3, 0.4) is 0 Å². The van der Waals surface area contributed by atoms with Gasteiger partial charge in [-0.2, -0.15) is 0 Å². The van der Waals surface area contributed by atoms with Crippen LogP contribution in [-0.2, 0) is 6.42 Å². The summed E-state index contributed by atoms with van der Waals surface area (Å²) >= 11 is 0. The Labute approximate surface area is 113 Å². The number of nitrogens with zero attached hydrogens (tertiary/aromatic N) is 2. The summed E-state index contributed by atoms with van der Waals surface area (Å²) in [6.07, 6.45) is 3.51. The van der Waals surface area contributed by atoms with E-state index in [2.05, 4.69) is 46.6 Å². The molecule has 1 heterocycles. The lowest BCUT2D eigenvalue weighted by molar-refractivity contribution is 1.00. The second-order valence-corrected chi connectivity index (χ2v) is 4.96. The molecule has 0 aliphatic heterocycles. The van der Waals surface area contributed by atoms with E-state index in [1.807, 2.05) is 6.07 Å². The molecule has 2 aromatic rings. The number of hydrazine groups is 1. The van der Waals surface area contributed by atoms with Crippen LogP contribution in [-0.4, -0.2) is 9.97 Å². The van der Waals surface area contributed by atoms with E-state index in [0.717, 1.165) is 29.4 Å². The highest BCUT2D eigenvalue weighted by atomic mass is 15.3. The molecule has 3 rings (SSSR count). The summed E-state index contributed by atoms with van der Waals surface area (Å²) in [4.78, 5) is 8.97. The molecule has 0 atom stereocenters. The number of aryl methyl sites for hydroxylation is 1. The molecule has 0 radical (unpaired) electrons. The van der Waals surface area contributed by atoms with Gasteiger partial charge in [-0.1, -0.05) is 31.2 Å². The number of anilines is 1. The predicted octanol–water partition coefficient (Wildman–Crippen LogP) is 2.87. The van der Waals surface area contributed by atoms with E-state index < -0.39 is 0 Å². The molecule has 1 aliphatic rings. The number of nitrogen functional groups attached to an aromatic ring is 1. The highest BCUT2D eigenvalue weighted by Gasteiger charge is 2.23. The largest absolute Gasteiger partial charge is 0.308 e. The zero-order chi connectivity index (χ0) is 13.2. The van der Waals surface area contributed by atoms with Crippen molar-refractivity contribution in [3.05, 3.63) is 41.6 Å². The Bertz CT molecular complexity index is 551. The molecule has 19 heavy (non-hydrogen) atoms. The molecule has 1 aromatic heterocycles. The Morgan fingerprint density at radius 1 is 1.21 bits per heavy atom. The highest BCUT2D eigenvalue weighted by molar-refractivity contribution is 5.58. The van der Waals surface area contributed by atoms with Crippen LogP contribution in [0.15, 0.2) is 30.3 Å². The second-order valence-electron chi connectivity index (χ2n) is 4.96. The average Bonchev–Trinajstić information content (AvgIpc) is 3.31. The van der Waals surface area contributed by atoms with Gasteiger partial charge in [-0.25, -0.2) is 15.8 Å². The topological polar surface area (TPSA) is 63.8 Å². The van der Waals surface area contributed by atoms with Crippen molar-refractivity contribution < 1.29 is 0 Å². The smallest absolute Gasteiger partial charge is 0.161 e. The summed E-state index contributed by atoms with van der Waals surface area (Å²) in [5.74, 6) is 7.62. The summed E-state index contributed by atoms with van der Waals surface area (Å²) in [5.41, 5.74) is 6.05. The van der Waals surface area contributed by atoms with Crippen LogP contribution < -0.4 is 11.3 Å². The SMILES string of the molecule is CCc1cc(NN)nc(-c2ccc(C3CC3)cc2)n1. The van der Waals surface area contributed by atoms with Crippen LogP contribution in [0, 0.1) is 0 Å². The van der Waals surface area contributed by atoms with Crippen LogP contribution in [0.1, 0.15) is 36.9 Å². The average molecular weight is 254 g/mol. The van der Waals surface area contributed by atoms with Crippen molar-refractivity contribution in [1.82, 2.24) is 9.97 Å². The van der Waals surface area contributed by atoms with Crippen molar-refractivity contribution in [1.29, 1.82) is 0 Å². The molecule has 98 valence electrons. The van der Waals surface area contributed by atoms with E-state index in [9.17, 15) is 0 Å². The van der Waals surface area contributed by atoms with Gasteiger partial charge in [0.05, 0.1) is 0 Å². The molecule has 1 aromatic carbocycles. The standard InChI is InChI=1S/C15H18N4/c1-2-13-9-14(19-16)18-15(17-13)12-7-5-11(6-8-12)10-3-4-10/h5-10H,2-4,16H2,1H3,(H,17,18,19). The third-order valence-corrected chi connectivity index (χ3v) is 3.51. The zero-order valence-corrected chi connectivity index (χ0v) is 11.1. The summed E-state index contributed by atoms with van der Waals surface area (Å²) in [6.45, 7) is 2.07. The van der Waals surface area contributed by atoms with Crippen LogP contribution in [0.2, 0.25) is 0 Å². The lowest BCUT2D eigenvalue weighted by atomic mass is 10.1. The fraction of sp³-hybridized carbons (Fsp3) is 0.333. The minimum atomic E-state index is 0.660. The van der Waals surface area contributed by atoms with Crippen LogP contribution in [0.25, 0.3) is 11.4 Å². The maximum atomic E-state index is 5.45. The number of nitrogens with one attached hydrogen (secondary N) is 1. The molecule has 0 saturated heterocycles. The first kappa shape index (κ1) is 12.1. The number of hydrogen-bond acceptors (Lipinski definition) is 4. The van der Waals surface area contributed by atoms with E-state index in [1.54, 1.807) is 0 Å². The Balaban J connectivity index is 1.95. The Morgan fingerprint density at radius 3 is 2.53 bits per heavy atom. The van der Waals surface area contributed by atoms with Crippen LogP contribution >= 0.6 is 0 Å². The van der Waals surface area contributed by atoms with Crippen molar-refractivity contribution >= 4 is 5.82 Å². The third-order valence-electron chi connectivity index (χ3n) is 3.51. The van der Waals surface area contributed by atoms with Gasteiger partial charge in [-0.3, -0.25) is 0 Å². The quantitative estimate of drug-likeness (QED) is 0.650. The maximum Gasteiger partial charge on any atom is 0.161 e. The maximum absolute atomic E-state index is 5.45. The van der Waals surface area contributed by atoms with Crippen molar-refractivity contribution in [3.8, 4) is 11.4 Å². The molecule has 0 unspecified atom stereocenters. The van der Waals surface area contributed by atoms with Crippen molar-refractivity contribution in [3.63, 3.8) is 0 Å². The van der Waals surface area contributed by atoms with Gasteiger partial charge in [-0.15, -0.1) is 0 Å². The van der Waals surface area contributed by atoms with Crippen molar-refractivity contribution in [2.75, 3.05) is 5.43 Å². The molecule has 4 nitrogen and oxygen atoms in total. The van der Waals surface area contributed by atoms with Crippen molar-refractivity contribution in [2.24, 2.45) is 5.84 Å². The predicted molar refractivity (Wildman–Crippen MR) is 76.6 cm³/mol. The highest BCUT2D eigenvalue weighted by Crippen LogP contribution is 2.40. The first-order valence-corrected chi connectivity index (χ1v) is 6.75.